The van der Waals surface area contributed by atoms with Gasteiger partial charge in [0.05, 0.1) is 19.3 Å². The van der Waals surface area contributed by atoms with Gasteiger partial charge in [0.1, 0.15) is 0 Å². The SMILES string of the molecule is CCC(=O)/C=C/CC1=C(C(OCc2ccccc2)OCc2ccccc2)CCC[C@@H]1O[Si](C)(C)C(C)(C)C. The van der Waals surface area contributed by atoms with Crippen LogP contribution >= 0.6 is 0 Å². The molecule has 3 rings (SSSR count). The maximum atomic E-state index is 12.1. The van der Waals surface area contributed by atoms with Crippen LogP contribution in [0.15, 0.2) is 84.0 Å². The largest absolute Gasteiger partial charge is 0.410 e. The van der Waals surface area contributed by atoms with Crippen LogP contribution in [0.3, 0.4) is 0 Å². The minimum Gasteiger partial charge on any atom is -0.410 e. The van der Waals surface area contributed by atoms with E-state index in [-0.39, 0.29) is 16.9 Å². The lowest BCUT2D eigenvalue weighted by molar-refractivity contribution is -0.136. The van der Waals surface area contributed by atoms with Crippen LogP contribution in [0.4, 0.5) is 0 Å². The van der Waals surface area contributed by atoms with Gasteiger partial charge in [0, 0.05) is 6.42 Å². The molecule has 0 N–H and O–H groups in total. The van der Waals surface area contributed by atoms with Gasteiger partial charge in [-0.15, -0.1) is 0 Å². The molecule has 206 valence electrons. The first-order valence-corrected chi connectivity index (χ1v) is 16.9. The van der Waals surface area contributed by atoms with E-state index in [1.54, 1.807) is 6.08 Å². The summed E-state index contributed by atoms with van der Waals surface area (Å²) in [5.41, 5.74) is 4.61. The molecular formula is C33H46O4Si. The van der Waals surface area contributed by atoms with Crippen LogP contribution in [-0.2, 0) is 31.9 Å². The third kappa shape index (κ3) is 8.87. The zero-order chi connectivity index (χ0) is 27.6. The predicted molar refractivity (Wildman–Crippen MR) is 158 cm³/mol. The number of hydrogen-bond acceptors (Lipinski definition) is 4. The molecule has 0 aromatic heterocycles. The maximum Gasteiger partial charge on any atom is 0.192 e. The van der Waals surface area contributed by atoms with Crippen LogP contribution in [0.2, 0.25) is 18.1 Å². The van der Waals surface area contributed by atoms with E-state index in [0.29, 0.717) is 26.1 Å². The number of carbonyl (C=O) groups excluding carboxylic acids is 1. The van der Waals surface area contributed by atoms with E-state index >= 15 is 0 Å². The second kappa shape index (κ2) is 14.2. The van der Waals surface area contributed by atoms with Gasteiger partial charge in [-0.2, -0.15) is 0 Å². The van der Waals surface area contributed by atoms with E-state index in [0.717, 1.165) is 30.4 Å². The van der Waals surface area contributed by atoms with Crippen molar-refractivity contribution in [1.82, 2.24) is 0 Å². The zero-order valence-electron chi connectivity index (χ0n) is 24.2. The Morgan fingerprint density at radius 2 is 1.53 bits per heavy atom. The van der Waals surface area contributed by atoms with Crippen molar-refractivity contribution in [3.8, 4) is 0 Å². The summed E-state index contributed by atoms with van der Waals surface area (Å²) in [5.74, 6) is 0.141. The third-order valence-corrected chi connectivity index (χ3v) is 12.2. The summed E-state index contributed by atoms with van der Waals surface area (Å²) in [5, 5.41) is 0.108. The first kappa shape index (κ1) is 30.2. The summed E-state index contributed by atoms with van der Waals surface area (Å²) in [6, 6.07) is 20.5. The van der Waals surface area contributed by atoms with Crippen molar-refractivity contribution < 1.29 is 18.7 Å². The second-order valence-electron chi connectivity index (χ2n) is 11.7. The summed E-state index contributed by atoms with van der Waals surface area (Å²) in [6.45, 7) is 14.3. The minimum atomic E-state index is -2.02. The Hall–Kier alpha value is -2.31. The molecule has 0 aliphatic heterocycles. The fourth-order valence-electron chi connectivity index (χ4n) is 4.39. The molecule has 0 heterocycles. The molecule has 1 atom stereocenters. The molecule has 0 bridgehead atoms. The van der Waals surface area contributed by atoms with Crippen molar-refractivity contribution in [3.63, 3.8) is 0 Å². The number of allylic oxidation sites excluding steroid dienone is 2. The summed E-state index contributed by atoms with van der Waals surface area (Å²) in [4.78, 5) is 12.1. The average Bonchev–Trinajstić information content (AvgIpc) is 2.90. The molecule has 0 saturated heterocycles. The molecular weight excluding hydrogens is 488 g/mol. The smallest absolute Gasteiger partial charge is 0.192 e. The molecule has 2 aromatic rings. The van der Waals surface area contributed by atoms with E-state index < -0.39 is 14.6 Å². The van der Waals surface area contributed by atoms with Crippen molar-refractivity contribution >= 4 is 14.1 Å². The van der Waals surface area contributed by atoms with Gasteiger partial charge in [-0.3, -0.25) is 4.79 Å². The summed E-state index contributed by atoms with van der Waals surface area (Å²) < 4.78 is 20.0. The van der Waals surface area contributed by atoms with Gasteiger partial charge < -0.3 is 13.9 Å². The Labute approximate surface area is 231 Å². The summed E-state index contributed by atoms with van der Waals surface area (Å²) in [6.07, 6.45) is 7.32. The van der Waals surface area contributed by atoms with Crippen molar-refractivity contribution in [3.05, 3.63) is 95.1 Å². The van der Waals surface area contributed by atoms with Crippen molar-refractivity contribution in [2.75, 3.05) is 0 Å². The first-order chi connectivity index (χ1) is 18.1. The summed E-state index contributed by atoms with van der Waals surface area (Å²) >= 11 is 0. The van der Waals surface area contributed by atoms with Gasteiger partial charge >= 0.3 is 0 Å². The van der Waals surface area contributed by atoms with Gasteiger partial charge in [-0.05, 0) is 72.2 Å². The van der Waals surface area contributed by atoms with E-state index in [1.165, 1.54) is 11.1 Å². The molecule has 1 aliphatic rings. The minimum absolute atomic E-state index is 0.00386. The monoisotopic (exact) mass is 534 g/mol. The normalized spacial score (nSPS) is 17.0. The molecule has 5 heteroatoms. The lowest BCUT2D eigenvalue weighted by atomic mass is 9.87. The fourth-order valence-corrected chi connectivity index (χ4v) is 5.72. The van der Waals surface area contributed by atoms with Gasteiger partial charge in [0.2, 0.25) is 0 Å². The number of ketones is 1. The van der Waals surface area contributed by atoms with E-state index in [4.69, 9.17) is 13.9 Å². The molecule has 4 nitrogen and oxygen atoms in total. The number of carbonyl (C=O) groups is 1. The van der Waals surface area contributed by atoms with Crippen LogP contribution in [0.5, 0.6) is 0 Å². The quantitative estimate of drug-likeness (QED) is 0.112. The number of hydrogen-bond donors (Lipinski definition) is 0. The van der Waals surface area contributed by atoms with Crippen LogP contribution in [-0.4, -0.2) is 26.5 Å². The molecule has 0 spiro atoms. The molecule has 0 amide bonds. The second-order valence-corrected chi connectivity index (χ2v) is 16.4. The number of ether oxygens (including phenoxy) is 2. The maximum absolute atomic E-state index is 12.1. The van der Waals surface area contributed by atoms with Gasteiger partial charge in [-0.1, -0.05) is 94.4 Å². The van der Waals surface area contributed by atoms with Crippen LogP contribution in [0, 0.1) is 0 Å². The Kier molecular flexibility index (Phi) is 11.3. The Balaban J connectivity index is 1.96. The topological polar surface area (TPSA) is 44.8 Å². The highest BCUT2D eigenvalue weighted by molar-refractivity contribution is 6.74. The van der Waals surface area contributed by atoms with Crippen molar-refractivity contribution in [1.29, 1.82) is 0 Å². The van der Waals surface area contributed by atoms with E-state index in [1.807, 2.05) is 49.4 Å². The lowest BCUT2D eigenvalue weighted by Gasteiger charge is -2.42. The fraction of sp³-hybridized carbons (Fsp3) is 0.485. The molecule has 2 aromatic carbocycles. The molecule has 0 radical (unpaired) electrons. The molecule has 38 heavy (non-hydrogen) atoms. The van der Waals surface area contributed by atoms with Gasteiger partial charge in [0.25, 0.3) is 0 Å². The van der Waals surface area contributed by atoms with Gasteiger partial charge in [-0.25, -0.2) is 0 Å². The number of benzene rings is 2. The molecule has 0 fully saturated rings. The summed E-state index contributed by atoms with van der Waals surface area (Å²) in [7, 11) is -2.02. The van der Waals surface area contributed by atoms with Crippen LogP contribution in [0.1, 0.15) is 70.9 Å². The Bertz CT molecular complexity index is 1020. The Morgan fingerprint density at radius 3 is 2.03 bits per heavy atom. The van der Waals surface area contributed by atoms with Gasteiger partial charge in [0.15, 0.2) is 20.4 Å². The predicted octanol–water partition coefficient (Wildman–Crippen LogP) is 8.54. The standard InChI is InChI=1S/C33H46O4Si/c1-7-28(34)20-14-21-29-30(22-15-23-31(29)37-38(5,6)33(2,3)4)32(35-24-26-16-10-8-11-17-26)36-25-27-18-12-9-13-19-27/h8-14,16-20,31-32H,7,15,21-25H2,1-6H3/b20-14+/t31-/m0/s1. The van der Waals surface area contributed by atoms with Crippen molar-refractivity contribution in [2.24, 2.45) is 0 Å². The average molecular weight is 535 g/mol. The molecule has 1 aliphatic carbocycles. The highest BCUT2D eigenvalue weighted by Crippen LogP contribution is 2.41. The molecule has 0 unspecified atom stereocenters. The van der Waals surface area contributed by atoms with E-state index in [2.05, 4.69) is 58.1 Å². The number of rotatable bonds is 13. The van der Waals surface area contributed by atoms with Crippen molar-refractivity contribution in [2.45, 2.75) is 104 Å². The first-order valence-electron chi connectivity index (χ1n) is 14.0. The highest BCUT2D eigenvalue weighted by atomic mass is 28.4. The highest BCUT2D eigenvalue weighted by Gasteiger charge is 2.41. The third-order valence-electron chi connectivity index (χ3n) is 7.72. The lowest BCUT2D eigenvalue weighted by Crippen LogP contribution is -2.45. The van der Waals surface area contributed by atoms with Crippen LogP contribution in [0.25, 0.3) is 0 Å². The zero-order valence-corrected chi connectivity index (χ0v) is 25.2. The van der Waals surface area contributed by atoms with Crippen LogP contribution < -0.4 is 0 Å². The van der Waals surface area contributed by atoms with E-state index in [9.17, 15) is 4.79 Å². The molecule has 0 saturated carbocycles. The Morgan fingerprint density at radius 1 is 0.974 bits per heavy atom.